The number of fused-ring (bicyclic) bond motifs is 2. The van der Waals surface area contributed by atoms with Crippen LogP contribution in [-0.2, 0) is 15.0 Å². The largest absolute Gasteiger partial charge is 0.328 e. The van der Waals surface area contributed by atoms with Crippen LogP contribution >= 0.6 is 11.6 Å². The summed E-state index contributed by atoms with van der Waals surface area (Å²) in [6.07, 6.45) is 2.13. The van der Waals surface area contributed by atoms with Crippen molar-refractivity contribution >= 4 is 29.1 Å². The van der Waals surface area contributed by atoms with Crippen LogP contribution in [0.4, 0.5) is 10.1 Å². The van der Waals surface area contributed by atoms with Gasteiger partial charge in [-0.1, -0.05) is 35.9 Å². The summed E-state index contributed by atoms with van der Waals surface area (Å²) in [5.74, 6) is -0.577. The number of piperazine rings is 1. The summed E-state index contributed by atoms with van der Waals surface area (Å²) in [6, 6.07) is 13.0. The molecule has 0 radical (unpaired) electrons. The van der Waals surface area contributed by atoms with Crippen LogP contribution in [0.3, 0.4) is 0 Å². The van der Waals surface area contributed by atoms with E-state index in [9.17, 15) is 14.0 Å². The molecule has 27 heavy (non-hydrogen) atoms. The van der Waals surface area contributed by atoms with E-state index < -0.39 is 17.3 Å². The van der Waals surface area contributed by atoms with Crippen molar-refractivity contribution < 1.29 is 14.0 Å². The molecule has 0 N–H and O–H groups in total. The van der Waals surface area contributed by atoms with E-state index in [-0.39, 0.29) is 17.9 Å². The molecule has 2 aromatic carbocycles. The fourth-order valence-corrected chi connectivity index (χ4v) is 4.68. The summed E-state index contributed by atoms with van der Waals surface area (Å²) >= 11 is 5.97. The van der Waals surface area contributed by atoms with Gasteiger partial charge in [-0.25, -0.2) is 4.39 Å². The highest BCUT2D eigenvalue weighted by molar-refractivity contribution is 6.30. The van der Waals surface area contributed by atoms with Crippen molar-refractivity contribution in [1.82, 2.24) is 4.90 Å². The first-order chi connectivity index (χ1) is 13.0. The average Bonchev–Trinajstić information content (AvgIpc) is 3.27. The Balaban J connectivity index is 1.40. The van der Waals surface area contributed by atoms with Gasteiger partial charge in [0.2, 0.25) is 11.8 Å². The molecule has 1 saturated carbocycles. The molecule has 2 aliphatic heterocycles. The van der Waals surface area contributed by atoms with E-state index in [1.165, 1.54) is 11.0 Å². The molecule has 3 aliphatic rings. The minimum Gasteiger partial charge on any atom is -0.328 e. The van der Waals surface area contributed by atoms with Gasteiger partial charge in [-0.2, -0.15) is 0 Å². The van der Waals surface area contributed by atoms with E-state index in [1.807, 2.05) is 12.1 Å². The molecule has 0 unspecified atom stereocenters. The second-order valence-corrected chi connectivity index (χ2v) is 8.05. The number of benzene rings is 2. The molecule has 2 aromatic rings. The third-order valence-corrected chi connectivity index (χ3v) is 6.35. The lowest BCUT2D eigenvalue weighted by Gasteiger charge is -2.36. The van der Waals surface area contributed by atoms with Crippen molar-refractivity contribution in [2.75, 3.05) is 11.4 Å². The number of likely N-dealkylation sites (tertiary alicyclic amines) is 1. The highest BCUT2D eigenvalue weighted by atomic mass is 35.5. The Morgan fingerprint density at radius 1 is 1.11 bits per heavy atom. The predicted octanol–water partition coefficient (Wildman–Crippen LogP) is 3.53. The minimum atomic E-state index is -0.530. The minimum absolute atomic E-state index is 0.0128. The lowest BCUT2D eigenvalue weighted by Crippen LogP contribution is -2.55. The average molecular weight is 385 g/mol. The van der Waals surface area contributed by atoms with Gasteiger partial charge in [0.15, 0.2) is 0 Å². The number of carbonyl (C=O) groups is 2. The van der Waals surface area contributed by atoms with Crippen molar-refractivity contribution in [2.24, 2.45) is 0 Å². The van der Waals surface area contributed by atoms with E-state index >= 15 is 0 Å². The molecule has 4 nitrogen and oxygen atoms in total. The van der Waals surface area contributed by atoms with E-state index in [0.717, 1.165) is 18.4 Å². The molecule has 0 aromatic heterocycles. The molecule has 2 amide bonds. The van der Waals surface area contributed by atoms with Crippen LogP contribution in [0.15, 0.2) is 48.5 Å². The topological polar surface area (TPSA) is 40.6 Å². The zero-order chi connectivity index (χ0) is 18.8. The first kappa shape index (κ1) is 16.8. The van der Waals surface area contributed by atoms with Crippen LogP contribution in [0, 0.1) is 5.82 Å². The van der Waals surface area contributed by atoms with Gasteiger partial charge in [-0.3, -0.25) is 9.59 Å². The smallest absolute Gasteiger partial charge is 0.250 e. The fourth-order valence-electron chi connectivity index (χ4n) is 4.56. The van der Waals surface area contributed by atoms with Gasteiger partial charge in [0, 0.05) is 11.6 Å². The summed E-state index contributed by atoms with van der Waals surface area (Å²) in [5.41, 5.74) is 0.733. The van der Waals surface area contributed by atoms with Crippen LogP contribution in [0.5, 0.6) is 0 Å². The number of nitrogens with zero attached hydrogens (tertiary/aromatic N) is 2. The summed E-state index contributed by atoms with van der Waals surface area (Å²) in [4.78, 5) is 29.5. The van der Waals surface area contributed by atoms with Gasteiger partial charge in [-0.15, -0.1) is 0 Å². The molecule has 0 spiro atoms. The Hall–Kier alpha value is -2.40. The van der Waals surface area contributed by atoms with Gasteiger partial charge in [0.05, 0.1) is 17.1 Å². The highest BCUT2D eigenvalue weighted by Gasteiger charge is 2.59. The Morgan fingerprint density at radius 2 is 1.81 bits per heavy atom. The molecule has 2 saturated heterocycles. The Bertz CT molecular complexity index is 941. The molecule has 5 rings (SSSR count). The molecular weight excluding hydrogens is 367 g/mol. The Labute approximate surface area is 161 Å². The molecule has 1 aliphatic carbocycles. The number of rotatable bonds is 3. The number of carbonyl (C=O) groups excluding carboxylic acids is 2. The molecule has 6 heteroatoms. The number of hydrogen-bond acceptors (Lipinski definition) is 2. The van der Waals surface area contributed by atoms with E-state index in [4.69, 9.17) is 11.6 Å². The molecule has 2 bridgehead atoms. The standard InChI is InChI=1S/C21H18ClFN2O2/c22-14-7-5-13(6-8-14)21(9-10-21)20(27)24-12-15-11-18(24)19(26)25(15)17-4-2-1-3-16(17)23/h1-8,15,18H,9-12H2/t15-,18-/m0/s1. The molecule has 138 valence electrons. The maximum absolute atomic E-state index is 14.2. The number of anilines is 1. The lowest BCUT2D eigenvalue weighted by molar-refractivity contribution is -0.140. The maximum atomic E-state index is 14.2. The number of halogens is 2. The monoisotopic (exact) mass is 384 g/mol. The quantitative estimate of drug-likeness (QED) is 0.812. The van der Waals surface area contributed by atoms with Crippen molar-refractivity contribution in [3.8, 4) is 0 Å². The van der Waals surface area contributed by atoms with Crippen LogP contribution in [-0.4, -0.2) is 35.3 Å². The van der Waals surface area contributed by atoms with Gasteiger partial charge < -0.3 is 9.80 Å². The van der Waals surface area contributed by atoms with E-state index in [2.05, 4.69) is 0 Å². The normalized spacial score (nSPS) is 25.2. The first-order valence-electron chi connectivity index (χ1n) is 9.16. The SMILES string of the molecule is O=C1[C@@H]2C[C@@H](CN2C(=O)C2(c3ccc(Cl)cc3)CC2)N1c1ccccc1F. The number of para-hydroxylation sites is 1. The number of hydrogen-bond donors (Lipinski definition) is 0. The van der Waals surface area contributed by atoms with Crippen molar-refractivity contribution in [3.05, 3.63) is 64.9 Å². The Kier molecular flexibility index (Phi) is 3.60. The Morgan fingerprint density at radius 3 is 2.44 bits per heavy atom. The molecule has 2 heterocycles. The fraction of sp³-hybridized carbons (Fsp3) is 0.333. The van der Waals surface area contributed by atoms with E-state index in [1.54, 1.807) is 35.2 Å². The first-order valence-corrected chi connectivity index (χ1v) is 9.54. The van der Waals surface area contributed by atoms with Gasteiger partial charge in [-0.05, 0) is 49.1 Å². The van der Waals surface area contributed by atoms with Gasteiger partial charge in [0.1, 0.15) is 11.9 Å². The zero-order valence-corrected chi connectivity index (χ0v) is 15.3. The molecule has 2 atom stereocenters. The third kappa shape index (κ3) is 2.41. The second kappa shape index (κ2) is 5.80. The number of amides is 2. The summed E-state index contributed by atoms with van der Waals surface area (Å²) in [5, 5.41) is 0.637. The second-order valence-electron chi connectivity index (χ2n) is 7.61. The van der Waals surface area contributed by atoms with Crippen LogP contribution < -0.4 is 4.90 Å². The van der Waals surface area contributed by atoms with Crippen LogP contribution in [0.25, 0.3) is 0 Å². The van der Waals surface area contributed by atoms with E-state index in [0.29, 0.717) is 23.7 Å². The summed E-state index contributed by atoms with van der Waals surface area (Å²) in [6.45, 7) is 0.457. The van der Waals surface area contributed by atoms with Crippen molar-refractivity contribution in [2.45, 2.75) is 36.8 Å². The van der Waals surface area contributed by atoms with Gasteiger partial charge in [0.25, 0.3) is 0 Å². The molecule has 3 fully saturated rings. The summed E-state index contributed by atoms with van der Waals surface area (Å²) in [7, 11) is 0. The highest BCUT2D eigenvalue weighted by Crippen LogP contribution is 2.51. The predicted molar refractivity (Wildman–Crippen MR) is 100 cm³/mol. The van der Waals surface area contributed by atoms with Crippen molar-refractivity contribution in [3.63, 3.8) is 0 Å². The summed E-state index contributed by atoms with van der Waals surface area (Å²) < 4.78 is 14.2. The molecular formula is C21H18ClFN2O2. The lowest BCUT2D eigenvalue weighted by atomic mass is 9.94. The zero-order valence-electron chi connectivity index (χ0n) is 14.6. The van der Waals surface area contributed by atoms with Crippen LogP contribution in [0.2, 0.25) is 5.02 Å². The van der Waals surface area contributed by atoms with Crippen LogP contribution in [0.1, 0.15) is 24.8 Å². The third-order valence-electron chi connectivity index (χ3n) is 6.10. The maximum Gasteiger partial charge on any atom is 0.250 e. The van der Waals surface area contributed by atoms with Crippen molar-refractivity contribution in [1.29, 1.82) is 0 Å². The van der Waals surface area contributed by atoms with Gasteiger partial charge >= 0.3 is 0 Å².